The first-order valence-electron chi connectivity index (χ1n) is 45.0. The second-order valence-electron chi connectivity index (χ2n) is 34.4. The van der Waals surface area contributed by atoms with Gasteiger partial charge in [-0.05, 0) is 172 Å². The number of unbranched alkanes of at least 4 members (excludes halogenated alkanes) is 1. The van der Waals surface area contributed by atoms with Gasteiger partial charge < -0.3 is 166 Å². The molecule has 1 heterocycles. The van der Waals surface area contributed by atoms with Crippen LogP contribution in [0.1, 0.15) is 156 Å². The van der Waals surface area contributed by atoms with Gasteiger partial charge in [0.05, 0.1) is 24.4 Å². The van der Waals surface area contributed by atoms with E-state index in [4.69, 9.17) is 51.0 Å². The van der Waals surface area contributed by atoms with E-state index in [0.717, 1.165) is 18.7 Å². The molecule has 137 heavy (non-hydrogen) atoms. The molecule has 2 aromatic rings. The number of aliphatic hydroxyl groups is 3. The second kappa shape index (κ2) is 59.8. The molecule has 20 atom stereocenters. The van der Waals surface area contributed by atoms with E-state index >= 15 is 0 Å². The average Bonchev–Trinajstić information content (AvgIpc) is 1.67. The van der Waals surface area contributed by atoms with Crippen LogP contribution in [0.25, 0.3) is 0 Å². The molecule has 0 radical (unpaired) electrons. The number of rotatable bonds is 62. The highest BCUT2D eigenvalue weighted by molar-refractivity contribution is 7.81. The number of hydrogen-bond donors (Lipinski definition) is 34. The molecular weight excluding hydrogens is 1830 g/mol. The fourth-order valence-electron chi connectivity index (χ4n) is 14.1. The summed E-state index contributed by atoms with van der Waals surface area (Å²) >= 11 is 8.87. The molecular formula is C85H142N26O24S2. The van der Waals surface area contributed by atoms with E-state index in [2.05, 4.69) is 110 Å². The van der Waals surface area contributed by atoms with Crippen molar-refractivity contribution in [2.45, 2.75) is 278 Å². The second-order valence-corrected chi connectivity index (χ2v) is 35.9. The van der Waals surface area contributed by atoms with E-state index < -0.39 is 270 Å². The van der Waals surface area contributed by atoms with Crippen LogP contribution < -0.4 is 125 Å². The number of aromatic hydroxyl groups is 2. The number of aliphatic hydroxyl groups excluding tert-OH is 3. The van der Waals surface area contributed by atoms with Crippen LogP contribution in [0.4, 0.5) is 0 Å². The Balaban J connectivity index is 1.95. The lowest BCUT2D eigenvalue weighted by Gasteiger charge is -2.33. The minimum Gasteiger partial charge on any atom is -0.508 e. The van der Waals surface area contributed by atoms with Crippen LogP contribution in [0, 0.1) is 22.7 Å². The van der Waals surface area contributed by atoms with Crippen molar-refractivity contribution in [2.75, 3.05) is 51.6 Å². The Morgan fingerprint density at radius 1 is 0.453 bits per heavy atom. The van der Waals surface area contributed by atoms with E-state index in [0.29, 0.717) is 12.0 Å². The molecule has 50 nitrogen and oxygen atoms in total. The molecule has 0 aromatic heterocycles. The number of benzene rings is 2. The topological polar surface area (TPSA) is 857 Å². The number of aliphatic carboxylic acids is 2. The summed E-state index contributed by atoms with van der Waals surface area (Å²) < 4.78 is -1.65. The monoisotopic (exact) mass is 1980 g/mol. The van der Waals surface area contributed by atoms with E-state index in [-0.39, 0.29) is 139 Å². The molecule has 0 aliphatic carbocycles. The SMILES string of the molecule is CC[C@H](C)[C@H](NC(=O)[C@@H]1C[C@@H](O)CN1C(=O)[C@@H](N)C(C)C)C(=O)N[C@H](C(=O)N[C@@H](Cc1ccc(O)cc1)C(=O)N[C@H](C(=O)N[C@@H](CCC(=O)O)C(=O)N[C@@H](CCCNC(=N)N)C(=O)N[C@@H](CCN)C(=O)N[C@H](C(=O)N[C@H](CCN)C(=O)N[C@@H](CCCCN)C(=O)N[C@@H](CS)C(=O)N[C@@H](CCN)C(=O)N[C@@H](CCCNC(=N)N)C(=O)N[C@@H](Cc1ccc(O)cc1)C(=O)O)[C@@H](C)O)C(C)(C)S)[C@@H](C)O. The number of amides is 15. The molecule has 1 fully saturated rings. The number of phenolic OH excluding ortho intramolecular Hbond substituents is 2. The molecule has 1 saturated heterocycles. The van der Waals surface area contributed by atoms with Crippen LogP contribution in [0.3, 0.4) is 0 Å². The zero-order valence-electron chi connectivity index (χ0n) is 78.2. The minimum atomic E-state index is -1.98. The predicted octanol–water partition coefficient (Wildman–Crippen LogP) is -9.29. The van der Waals surface area contributed by atoms with Gasteiger partial charge in [-0.1, -0.05) is 58.4 Å². The summed E-state index contributed by atoms with van der Waals surface area (Å²) in [6.45, 7) is 10.5. The normalized spacial score (nSPS) is 16.9. The van der Waals surface area contributed by atoms with Gasteiger partial charge in [-0.15, -0.1) is 0 Å². The lowest BCUT2D eigenvalue weighted by Crippen LogP contribution is -2.64. The molecule has 39 N–H and O–H groups in total. The molecule has 1 aliphatic rings. The van der Waals surface area contributed by atoms with Gasteiger partial charge in [0.25, 0.3) is 0 Å². The van der Waals surface area contributed by atoms with E-state index in [1.54, 1.807) is 27.7 Å². The van der Waals surface area contributed by atoms with Crippen LogP contribution >= 0.6 is 25.3 Å². The van der Waals surface area contributed by atoms with Crippen LogP contribution in [-0.4, -0.2) is 324 Å². The van der Waals surface area contributed by atoms with Crippen LogP contribution in [0.2, 0.25) is 0 Å². The molecule has 3 rings (SSSR count). The van der Waals surface area contributed by atoms with Crippen molar-refractivity contribution in [1.29, 1.82) is 10.8 Å². The molecule has 0 saturated carbocycles. The predicted molar refractivity (Wildman–Crippen MR) is 506 cm³/mol. The van der Waals surface area contributed by atoms with E-state index in [1.807, 2.05) is 0 Å². The van der Waals surface area contributed by atoms with E-state index in [9.17, 15) is 117 Å². The lowest BCUT2D eigenvalue weighted by molar-refractivity contribution is -0.142. The summed E-state index contributed by atoms with van der Waals surface area (Å²) in [5.41, 5.74) is 41.4. The zero-order valence-corrected chi connectivity index (χ0v) is 80.0. The Bertz CT molecular complexity index is 4390. The first kappa shape index (κ1) is 119. The summed E-state index contributed by atoms with van der Waals surface area (Å²) in [5, 5.41) is 128. The summed E-state index contributed by atoms with van der Waals surface area (Å²) in [6, 6.07) is -15.0. The number of thiol groups is 2. The number of carboxylic acid groups (broad SMARTS) is 2. The number of carboxylic acids is 2. The number of likely N-dealkylation sites (tertiary alicyclic amines) is 1. The Labute approximate surface area is 804 Å². The fourth-order valence-corrected chi connectivity index (χ4v) is 14.5. The van der Waals surface area contributed by atoms with Crippen LogP contribution in [-0.2, 0) is 94.3 Å². The van der Waals surface area contributed by atoms with Crippen molar-refractivity contribution in [2.24, 2.45) is 52.0 Å². The highest BCUT2D eigenvalue weighted by Crippen LogP contribution is 2.24. The third kappa shape index (κ3) is 41.4. The molecule has 1 aliphatic heterocycles. The van der Waals surface area contributed by atoms with Crippen molar-refractivity contribution in [3.05, 3.63) is 59.7 Å². The van der Waals surface area contributed by atoms with Gasteiger partial charge in [-0.2, -0.15) is 25.3 Å². The Hall–Kier alpha value is -12.0. The highest BCUT2D eigenvalue weighted by Gasteiger charge is 2.46. The average molecular weight is 1980 g/mol. The van der Waals surface area contributed by atoms with Gasteiger partial charge in [-0.3, -0.25) is 87.5 Å². The first-order valence-corrected chi connectivity index (χ1v) is 46.1. The molecule has 0 spiro atoms. The van der Waals surface area contributed by atoms with Crippen molar-refractivity contribution in [1.82, 2.24) is 90.0 Å². The number of carbonyl (C=O) groups is 17. The van der Waals surface area contributed by atoms with Crippen molar-refractivity contribution >= 4 is 138 Å². The van der Waals surface area contributed by atoms with Crippen molar-refractivity contribution in [3.63, 3.8) is 0 Å². The number of carbonyl (C=O) groups excluding carboxylic acids is 15. The largest absolute Gasteiger partial charge is 0.508 e. The minimum absolute atomic E-state index is 0.0388. The number of nitrogens with one attached hydrogen (secondary N) is 18. The number of nitrogens with zero attached hydrogens (tertiary/aromatic N) is 1. The van der Waals surface area contributed by atoms with Gasteiger partial charge in [-0.25, -0.2) is 4.79 Å². The third-order valence-corrected chi connectivity index (χ3v) is 22.8. The fraction of sp³-hybridized carbons (Fsp3) is 0.635. The maximum Gasteiger partial charge on any atom is 0.326 e. The smallest absolute Gasteiger partial charge is 0.326 e. The number of phenols is 2. The van der Waals surface area contributed by atoms with Crippen molar-refractivity contribution in [3.8, 4) is 11.5 Å². The Kier molecular flexibility index (Phi) is 52.0. The van der Waals surface area contributed by atoms with Crippen molar-refractivity contribution < 1.29 is 117 Å². The summed E-state index contributed by atoms with van der Waals surface area (Å²) in [5.74, 6) is -21.4. The summed E-state index contributed by atoms with van der Waals surface area (Å²) in [7, 11) is 0. The van der Waals surface area contributed by atoms with Crippen LogP contribution in [0.5, 0.6) is 11.5 Å². The number of nitrogens with two attached hydrogens (primary N) is 7. The molecule has 52 heteroatoms. The maximum atomic E-state index is 14.9. The lowest BCUT2D eigenvalue weighted by atomic mass is 9.96. The van der Waals surface area contributed by atoms with Gasteiger partial charge >= 0.3 is 11.9 Å². The number of β-amino-alcohol motifs (C(OH)–C–C–N with tert-alkyl or cyclic N) is 1. The standard InChI is InChI=1S/C85H142N26O24S2/c1-9-42(4)63(107-76(128)60-38-49(116)39-111(60)81(133)62(90)41(2)3)77(129)109-65(44(6)113)79(131)104-57(36-45-17-21-47(114)22-18-45)74(126)110-66(85(7,8)137)80(132)103-53(25-26-61(117)118)70(122)98-51(15-12-34-95-83(91)92)67(119)100-56(29-33-89)73(125)108-64(43(5)112)78(130)102-55(28-32-88)72(124)97-50(14-10-11-30-86)69(121)106-59(40-136)75(127)101-54(27-31-87)71(123)99-52(16-13-35-96-84(93)94)68(120)105-58(82(134)135)37-46-19-23-48(115)24-20-46/h17-24,41-44,49-60,62-66,112-116,136-137H,9-16,25-40,86-90H2,1-8H3,(H,97,124)(H,98,122)(H,99,123)(H,100,119)(H,101,127)(H,102,130)(H,103,132)(H,104,131)(H,105,120)(H,106,121)(H,107,128)(H,108,125)(H,109,129)(H,110,126)(H,117,118)(H,134,135)(H4,91,92,95)(H4,93,94,96)/t42-,43+,44+,49+,50-,51-,52-,53-,54-,55+,56-,57-,58-,59-,60-,62-,63-,64-,65-,66+/m0/s1. The Morgan fingerprint density at radius 3 is 1.17 bits per heavy atom. The molecule has 768 valence electrons. The Morgan fingerprint density at radius 2 is 0.796 bits per heavy atom. The number of guanidine groups is 2. The number of hydrogen-bond acceptors (Lipinski definition) is 31. The van der Waals surface area contributed by atoms with Gasteiger partial charge in [0.2, 0.25) is 88.6 Å². The highest BCUT2D eigenvalue weighted by atomic mass is 32.1. The van der Waals surface area contributed by atoms with Gasteiger partial charge in [0, 0.05) is 55.8 Å². The van der Waals surface area contributed by atoms with E-state index in [1.165, 1.54) is 62.4 Å². The first-order chi connectivity index (χ1) is 64.4. The molecule has 2 aromatic carbocycles. The molecule has 0 unspecified atom stereocenters. The summed E-state index contributed by atoms with van der Waals surface area (Å²) in [6.07, 6.45) is -8.05. The van der Waals surface area contributed by atoms with Crippen LogP contribution in [0.15, 0.2) is 48.5 Å². The van der Waals surface area contributed by atoms with Gasteiger partial charge in [0.1, 0.15) is 102 Å². The molecule has 15 amide bonds. The third-order valence-electron chi connectivity index (χ3n) is 22.2. The molecule has 0 bridgehead atoms. The summed E-state index contributed by atoms with van der Waals surface area (Å²) in [4.78, 5) is 241. The zero-order chi connectivity index (χ0) is 103. The quantitative estimate of drug-likeness (QED) is 0.0127. The van der Waals surface area contributed by atoms with Gasteiger partial charge in [0.15, 0.2) is 11.9 Å². The maximum absolute atomic E-state index is 14.9.